The third kappa shape index (κ3) is 2.49. The number of allylic oxidation sites excluding steroid dienone is 4. The maximum absolute atomic E-state index is 3.93. The van der Waals surface area contributed by atoms with Crippen molar-refractivity contribution in [2.24, 2.45) is 0 Å². The molecule has 0 aromatic heterocycles. The third-order valence-electron chi connectivity index (χ3n) is 2.87. The Kier molecular flexibility index (Phi) is 3.93. The lowest BCUT2D eigenvalue weighted by Gasteiger charge is -2.09. The summed E-state index contributed by atoms with van der Waals surface area (Å²) in [7, 11) is 0. The van der Waals surface area contributed by atoms with Gasteiger partial charge < -0.3 is 0 Å². The molecule has 0 saturated heterocycles. The van der Waals surface area contributed by atoms with Gasteiger partial charge in [0.2, 0.25) is 0 Å². The summed E-state index contributed by atoms with van der Waals surface area (Å²) >= 11 is 0. The van der Waals surface area contributed by atoms with Crippen molar-refractivity contribution in [3.63, 3.8) is 0 Å². The lowest BCUT2D eigenvalue weighted by Crippen LogP contribution is -1.87. The van der Waals surface area contributed by atoms with Gasteiger partial charge in [-0.2, -0.15) is 0 Å². The molecule has 0 radical (unpaired) electrons. The molecule has 0 bridgehead atoms. The Balaban J connectivity index is 2.61. The highest BCUT2D eigenvalue weighted by Crippen LogP contribution is 2.27. The second kappa shape index (κ2) is 5.83. The molecule has 0 aliphatic carbocycles. The molecule has 0 heteroatoms. The third-order valence-corrected chi connectivity index (χ3v) is 2.87. The Morgan fingerprint density at radius 2 is 0.944 bits per heavy atom. The van der Waals surface area contributed by atoms with Crippen LogP contribution < -0.4 is 0 Å². The maximum atomic E-state index is 3.93. The highest BCUT2D eigenvalue weighted by molar-refractivity contribution is 5.99. The zero-order chi connectivity index (χ0) is 12.8. The second-order valence-electron chi connectivity index (χ2n) is 3.97. The van der Waals surface area contributed by atoms with E-state index in [1.807, 2.05) is 48.6 Å². The molecule has 0 unspecified atom stereocenters. The quantitative estimate of drug-likeness (QED) is 0.515. The van der Waals surface area contributed by atoms with Crippen molar-refractivity contribution < 1.29 is 0 Å². The van der Waals surface area contributed by atoms with Crippen LogP contribution in [-0.4, -0.2) is 0 Å². The van der Waals surface area contributed by atoms with Crippen LogP contribution in [-0.2, 0) is 0 Å². The molecule has 0 heterocycles. The van der Waals surface area contributed by atoms with Crippen LogP contribution >= 0.6 is 0 Å². The summed E-state index contributed by atoms with van der Waals surface area (Å²) in [4.78, 5) is 0. The van der Waals surface area contributed by atoms with E-state index < -0.39 is 0 Å². The Hall–Kier alpha value is -2.34. The molecule has 0 N–H and O–H groups in total. The van der Waals surface area contributed by atoms with Gasteiger partial charge >= 0.3 is 0 Å². The van der Waals surface area contributed by atoms with E-state index in [1.165, 1.54) is 0 Å². The number of hydrogen-bond donors (Lipinski definition) is 0. The standard InChI is InChI=1S/C18H16/c1-3-17(15-11-7-5-8-12-15)18(4-2)16-13-9-6-10-14-16/h3-14H,1-2H2. The van der Waals surface area contributed by atoms with E-state index >= 15 is 0 Å². The van der Waals surface area contributed by atoms with E-state index in [0.717, 1.165) is 22.3 Å². The zero-order valence-electron chi connectivity index (χ0n) is 10.3. The van der Waals surface area contributed by atoms with E-state index in [9.17, 15) is 0 Å². The van der Waals surface area contributed by atoms with Gasteiger partial charge in [-0.15, -0.1) is 0 Å². The number of rotatable bonds is 4. The van der Waals surface area contributed by atoms with Crippen molar-refractivity contribution in [3.8, 4) is 0 Å². The maximum Gasteiger partial charge on any atom is -0.0112 e. The van der Waals surface area contributed by atoms with Crippen molar-refractivity contribution in [1.29, 1.82) is 0 Å². The smallest absolute Gasteiger partial charge is 0.0112 e. The van der Waals surface area contributed by atoms with Crippen molar-refractivity contribution in [1.82, 2.24) is 0 Å². The Morgan fingerprint density at radius 1 is 0.611 bits per heavy atom. The van der Waals surface area contributed by atoms with E-state index in [-0.39, 0.29) is 0 Å². The summed E-state index contributed by atoms with van der Waals surface area (Å²) in [5.41, 5.74) is 4.53. The summed E-state index contributed by atoms with van der Waals surface area (Å²) in [5.74, 6) is 0. The van der Waals surface area contributed by atoms with Crippen LogP contribution in [0.15, 0.2) is 86.0 Å². The van der Waals surface area contributed by atoms with Gasteiger partial charge in [-0.25, -0.2) is 0 Å². The van der Waals surface area contributed by atoms with Gasteiger partial charge in [0.05, 0.1) is 0 Å². The molecule has 0 amide bonds. The molecule has 2 aromatic rings. The van der Waals surface area contributed by atoms with Crippen molar-refractivity contribution in [2.75, 3.05) is 0 Å². The first-order valence-corrected chi connectivity index (χ1v) is 5.97. The lowest BCUT2D eigenvalue weighted by molar-refractivity contribution is 1.59. The van der Waals surface area contributed by atoms with Crippen LogP contribution in [0.5, 0.6) is 0 Å². The fourth-order valence-electron chi connectivity index (χ4n) is 2.00. The summed E-state index contributed by atoms with van der Waals surface area (Å²) in [6.07, 6.45) is 3.78. The van der Waals surface area contributed by atoms with Gasteiger partial charge in [-0.1, -0.05) is 86.0 Å². The van der Waals surface area contributed by atoms with Crippen molar-refractivity contribution in [3.05, 3.63) is 97.1 Å². The highest BCUT2D eigenvalue weighted by atomic mass is 14.1. The first kappa shape index (κ1) is 12.1. The molecule has 0 aliphatic heterocycles. The van der Waals surface area contributed by atoms with E-state index in [0.29, 0.717) is 0 Å². The highest BCUT2D eigenvalue weighted by Gasteiger charge is 2.05. The monoisotopic (exact) mass is 232 g/mol. The number of hydrogen-bond acceptors (Lipinski definition) is 0. The molecule has 88 valence electrons. The minimum Gasteiger partial charge on any atom is -0.0984 e. The van der Waals surface area contributed by atoms with Crippen molar-refractivity contribution in [2.45, 2.75) is 0 Å². The minimum atomic E-state index is 1.11. The molecule has 0 atom stereocenters. The number of benzene rings is 2. The molecule has 0 nitrogen and oxygen atoms in total. The van der Waals surface area contributed by atoms with Gasteiger partial charge in [-0.3, -0.25) is 0 Å². The lowest BCUT2D eigenvalue weighted by atomic mass is 9.95. The molecule has 0 spiro atoms. The van der Waals surface area contributed by atoms with Gasteiger partial charge in [0.15, 0.2) is 0 Å². The largest absolute Gasteiger partial charge is 0.0984 e. The summed E-state index contributed by atoms with van der Waals surface area (Å²) < 4.78 is 0. The molecular weight excluding hydrogens is 216 g/mol. The molecule has 0 aliphatic rings. The molecule has 0 saturated carbocycles. The van der Waals surface area contributed by atoms with E-state index in [2.05, 4.69) is 37.4 Å². The van der Waals surface area contributed by atoms with Gasteiger partial charge in [0.25, 0.3) is 0 Å². The SMILES string of the molecule is C=CC(=C(C=C)c1ccccc1)c1ccccc1. The fraction of sp³-hybridized carbons (Fsp3) is 0. The zero-order valence-corrected chi connectivity index (χ0v) is 10.3. The van der Waals surface area contributed by atoms with Gasteiger partial charge in [0, 0.05) is 0 Å². The summed E-state index contributed by atoms with van der Waals surface area (Å²) in [6.45, 7) is 7.85. The molecule has 2 aromatic carbocycles. The summed E-state index contributed by atoms with van der Waals surface area (Å²) in [6, 6.07) is 20.5. The molecule has 0 fully saturated rings. The normalized spacial score (nSPS) is 11.6. The van der Waals surface area contributed by atoms with Gasteiger partial charge in [0.1, 0.15) is 0 Å². The molecule has 2 rings (SSSR count). The molecular formula is C18H16. The fourth-order valence-corrected chi connectivity index (χ4v) is 2.00. The van der Waals surface area contributed by atoms with Crippen LogP contribution in [0.3, 0.4) is 0 Å². The average Bonchev–Trinajstić information content (AvgIpc) is 2.46. The van der Waals surface area contributed by atoms with Crippen LogP contribution in [0.2, 0.25) is 0 Å². The Morgan fingerprint density at radius 3 is 1.22 bits per heavy atom. The second-order valence-corrected chi connectivity index (χ2v) is 3.97. The van der Waals surface area contributed by atoms with Crippen LogP contribution in [0.25, 0.3) is 11.1 Å². The molecule has 18 heavy (non-hydrogen) atoms. The topological polar surface area (TPSA) is 0 Å². The first-order valence-electron chi connectivity index (χ1n) is 5.97. The predicted molar refractivity (Wildman–Crippen MR) is 80.1 cm³/mol. The van der Waals surface area contributed by atoms with Crippen LogP contribution in [0.1, 0.15) is 11.1 Å². The van der Waals surface area contributed by atoms with Crippen LogP contribution in [0, 0.1) is 0 Å². The van der Waals surface area contributed by atoms with Crippen molar-refractivity contribution >= 4 is 11.1 Å². The first-order chi connectivity index (χ1) is 8.86. The average molecular weight is 232 g/mol. The van der Waals surface area contributed by atoms with Gasteiger partial charge in [-0.05, 0) is 22.3 Å². The minimum absolute atomic E-state index is 1.11. The Bertz CT molecular complexity index is 506. The van der Waals surface area contributed by atoms with E-state index in [1.54, 1.807) is 0 Å². The Labute approximate surface area is 109 Å². The predicted octanol–water partition coefficient (Wildman–Crippen LogP) is 4.97. The van der Waals surface area contributed by atoms with Crippen LogP contribution in [0.4, 0.5) is 0 Å². The van der Waals surface area contributed by atoms with E-state index in [4.69, 9.17) is 0 Å². The summed E-state index contributed by atoms with van der Waals surface area (Å²) in [5, 5.41) is 0.